The summed E-state index contributed by atoms with van der Waals surface area (Å²) in [6.45, 7) is 5.04. The van der Waals surface area contributed by atoms with E-state index in [1.165, 1.54) is 11.0 Å². The number of amides is 4. The molecule has 0 atom stereocenters. The molecule has 15 heteroatoms. The fourth-order valence-electron chi connectivity index (χ4n) is 6.00. The fourth-order valence-corrected chi connectivity index (χ4v) is 6.00. The molecule has 4 heterocycles. The van der Waals surface area contributed by atoms with Crippen LogP contribution in [0.5, 0.6) is 0 Å². The summed E-state index contributed by atoms with van der Waals surface area (Å²) in [7, 11) is 0. The van der Waals surface area contributed by atoms with E-state index in [9.17, 15) is 32.7 Å². The van der Waals surface area contributed by atoms with Crippen LogP contribution in [-0.2, 0) is 23.1 Å². The lowest BCUT2D eigenvalue weighted by molar-refractivity contribution is -0.141. The lowest BCUT2D eigenvalue weighted by atomic mass is 9.95. The number of halogens is 4. The van der Waals surface area contributed by atoms with Gasteiger partial charge in [-0.15, -0.1) is 0 Å². The number of fused-ring (bicyclic) bond motifs is 1. The van der Waals surface area contributed by atoms with Crippen molar-refractivity contribution >= 4 is 40.1 Å². The number of imide groups is 1. The third-order valence-electron chi connectivity index (χ3n) is 8.61. The van der Waals surface area contributed by atoms with Crippen molar-refractivity contribution < 1.29 is 37.1 Å². The van der Waals surface area contributed by atoms with Gasteiger partial charge in [-0.2, -0.15) is 18.3 Å². The molecule has 2 saturated heterocycles. The fraction of sp³-hybridized carbons (Fsp3) is 0.364. The van der Waals surface area contributed by atoms with Gasteiger partial charge in [-0.1, -0.05) is 6.07 Å². The van der Waals surface area contributed by atoms with E-state index in [0.717, 1.165) is 31.2 Å². The Morgan fingerprint density at radius 2 is 1.81 bits per heavy atom. The summed E-state index contributed by atoms with van der Waals surface area (Å²) < 4.78 is 55.6. The van der Waals surface area contributed by atoms with Gasteiger partial charge < -0.3 is 10.4 Å². The molecule has 2 aromatic carbocycles. The van der Waals surface area contributed by atoms with Crippen LogP contribution in [0.15, 0.2) is 54.9 Å². The van der Waals surface area contributed by atoms with Crippen molar-refractivity contribution in [1.82, 2.24) is 25.0 Å². The van der Waals surface area contributed by atoms with Gasteiger partial charge in [-0.3, -0.25) is 34.4 Å². The number of rotatable bonds is 7. The number of aromatic nitrogens is 3. The van der Waals surface area contributed by atoms with Crippen LogP contribution in [0.25, 0.3) is 10.9 Å². The average Bonchev–Trinajstić information content (AvgIpc) is 3.44. The SMILES string of the molecule is CC(C)(O)c1cc2nn(C3CCN(Cc4ccc(N5CCC(=O)NC5=O)cc4F)CC3)cc2cc1NC(=O)c1ccc(C(F)(F)F)nc1. The van der Waals surface area contributed by atoms with Crippen LogP contribution in [0.3, 0.4) is 0 Å². The predicted molar refractivity (Wildman–Crippen MR) is 168 cm³/mol. The zero-order valence-electron chi connectivity index (χ0n) is 26.1. The summed E-state index contributed by atoms with van der Waals surface area (Å²) in [4.78, 5) is 43.3. The van der Waals surface area contributed by atoms with Crippen molar-refractivity contribution in [2.24, 2.45) is 0 Å². The Morgan fingerprint density at radius 3 is 2.44 bits per heavy atom. The Bertz CT molecular complexity index is 1880. The molecule has 48 heavy (non-hydrogen) atoms. The molecule has 2 fully saturated rings. The number of hydrogen-bond donors (Lipinski definition) is 3. The first-order valence-electron chi connectivity index (χ1n) is 15.4. The maximum Gasteiger partial charge on any atom is 0.433 e. The minimum Gasteiger partial charge on any atom is -0.386 e. The zero-order chi connectivity index (χ0) is 34.4. The Labute approximate surface area is 272 Å². The van der Waals surface area contributed by atoms with E-state index in [1.54, 1.807) is 38.1 Å². The smallest absolute Gasteiger partial charge is 0.386 e. The molecule has 252 valence electrons. The van der Waals surface area contributed by atoms with E-state index in [-0.39, 0.29) is 36.2 Å². The molecule has 6 rings (SSSR count). The highest BCUT2D eigenvalue weighted by Crippen LogP contribution is 2.34. The summed E-state index contributed by atoms with van der Waals surface area (Å²) >= 11 is 0. The number of piperidine rings is 1. The van der Waals surface area contributed by atoms with Crippen molar-refractivity contribution in [3.8, 4) is 0 Å². The number of aliphatic hydroxyl groups is 1. The second kappa shape index (κ2) is 12.6. The standard InChI is InChI=1S/C33H33F4N7O4/c1-32(2,48)24-15-26-21(13-27(24)39-30(46)19-4-6-28(38-16-19)33(35,36)37)18-44(41-26)22-7-10-42(11-8-22)17-20-3-5-23(14-25(20)34)43-12-9-29(45)40-31(43)47/h3-6,13-16,18,22,48H,7-12,17H2,1-2H3,(H,39,46)(H,40,45,47). The summed E-state index contributed by atoms with van der Waals surface area (Å²) in [5.74, 6) is -1.47. The maximum atomic E-state index is 15.1. The molecule has 0 unspecified atom stereocenters. The van der Waals surface area contributed by atoms with Gasteiger partial charge in [-0.05, 0) is 63.1 Å². The number of carbonyl (C=O) groups excluding carboxylic acids is 3. The lowest BCUT2D eigenvalue weighted by Gasteiger charge is -2.32. The van der Waals surface area contributed by atoms with Gasteiger partial charge in [0.25, 0.3) is 5.91 Å². The van der Waals surface area contributed by atoms with E-state index in [1.807, 2.05) is 10.9 Å². The molecule has 11 nitrogen and oxygen atoms in total. The third kappa shape index (κ3) is 7.01. The molecule has 4 amide bonds. The topological polar surface area (TPSA) is 133 Å². The van der Waals surface area contributed by atoms with E-state index in [4.69, 9.17) is 5.10 Å². The first-order chi connectivity index (χ1) is 22.7. The van der Waals surface area contributed by atoms with Crippen molar-refractivity contribution in [2.75, 3.05) is 29.9 Å². The van der Waals surface area contributed by atoms with E-state index in [0.29, 0.717) is 47.4 Å². The summed E-state index contributed by atoms with van der Waals surface area (Å²) in [5.41, 5.74) is -0.414. The van der Waals surface area contributed by atoms with Gasteiger partial charge in [0.15, 0.2) is 0 Å². The van der Waals surface area contributed by atoms with Crippen LogP contribution in [0.2, 0.25) is 0 Å². The molecule has 0 aliphatic carbocycles. The first-order valence-corrected chi connectivity index (χ1v) is 15.4. The lowest BCUT2D eigenvalue weighted by Crippen LogP contribution is -2.49. The highest BCUT2D eigenvalue weighted by Gasteiger charge is 2.33. The number of benzene rings is 2. The normalized spacial score (nSPS) is 16.8. The maximum absolute atomic E-state index is 15.1. The van der Waals surface area contributed by atoms with Crippen molar-refractivity contribution in [3.63, 3.8) is 0 Å². The highest BCUT2D eigenvalue weighted by molar-refractivity contribution is 6.06. The molecule has 0 spiro atoms. The summed E-state index contributed by atoms with van der Waals surface area (Å²) in [5, 5.41) is 21.3. The number of carbonyl (C=O) groups is 3. The Morgan fingerprint density at radius 1 is 1.06 bits per heavy atom. The highest BCUT2D eigenvalue weighted by atomic mass is 19.4. The molecular formula is C33H33F4N7O4. The van der Waals surface area contributed by atoms with Gasteiger partial charge in [0, 0.05) is 72.9 Å². The molecule has 2 aliphatic heterocycles. The second-order valence-electron chi connectivity index (χ2n) is 12.5. The molecule has 4 aromatic rings. The number of pyridine rings is 1. The van der Waals surface area contributed by atoms with Crippen LogP contribution in [0.4, 0.5) is 33.7 Å². The van der Waals surface area contributed by atoms with E-state index >= 15 is 4.39 Å². The van der Waals surface area contributed by atoms with Gasteiger partial charge in [0.1, 0.15) is 11.5 Å². The van der Waals surface area contributed by atoms with Crippen molar-refractivity contribution in [2.45, 2.75) is 57.5 Å². The molecule has 0 saturated carbocycles. The predicted octanol–water partition coefficient (Wildman–Crippen LogP) is 5.35. The zero-order valence-corrected chi connectivity index (χ0v) is 26.1. The molecular weight excluding hydrogens is 634 g/mol. The van der Waals surface area contributed by atoms with Gasteiger partial charge in [0.05, 0.1) is 22.7 Å². The molecule has 0 bridgehead atoms. The summed E-state index contributed by atoms with van der Waals surface area (Å²) in [6, 6.07) is 9.25. The first kappa shape index (κ1) is 33.0. The molecule has 0 radical (unpaired) electrons. The molecule has 2 aliphatic rings. The third-order valence-corrected chi connectivity index (χ3v) is 8.61. The van der Waals surface area contributed by atoms with Crippen LogP contribution >= 0.6 is 0 Å². The number of nitrogens with zero attached hydrogens (tertiary/aromatic N) is 5. The largest absolute Gasteiger partial charge is 0.433 e. The van der Waals surface area contributed by atoms with Crippen LogP contribution in [0.1, 0.15) is 66.3 Å². The Kier molecular flexibility index (Phi) is 8.68. The number of hydrogen-bond acceptors (Lipinski definition) is 7. The van der Waals surface area contributed by atoms with Crippen molar-refractivity contribution in [1.29, 1.82) is 0 Å². The number of urea groups is 1. The Balaban J connectivity index is 1.13. The second-order valence-corrected chi connectivity index (χ2v) is 12.5. The summed E-state index contributed by atoms with van der Waals surface area (Å²) in [6.07, 6.45) is -0.306. The number of nitrogens with one attached hydrogen (secondary N) is 2. The Hall–Kier alpha value is -4.89. The number of likely N-dealkylation sites (tertiary alicyclic amines) is 1. The van der Waals surface area contributed by atoms with Gasteiger partial charge >= 0.3 is 12.2 Å². The quantitative estimate of drug-likeness (QED) is 0.226. The van der Waals surface area contributed by atoms with Crippen LogP contribution in [0, 0.1) is 5.82 Å². The average molecular weight is 668 g/mol. The van der Waals surface area contributed by atoms with E-state index in [2.05, 4.69) is 20.5 Å². The molecule has 3 N–H and O–H groups in total. The number of alkyl halides is 3. The molecule has 2 aromatic heterocycles. The number of anilines is 2. The van der Waals surface area contributed by atoms with Gasteiger partial charge in [0.2, 0.25) is 5.91 Å². The minimum absolute atomic E-state index is 0.0445. The van der Waals surface area contributed by atoms with Gasteiger partial charge in [-0.25, -0.2) is 9.18 Å². The van der Waals surface area contributed by atoms with Crippen LogP contribution < -0.4 is 15.5 Å². The van der Waals surface area contributed by atoms with Crippen LogP contribution in [-0.4, -0.2) is 62.3 Å². The van der Waals surface area contributed by atoms with E-state index < -0.39 is 35.2 Å². The minimum atomic E-state index is -4.63. The monoisotopic (exact) mass is 667 g/mol. The van der Waals surface area contributed by atoms with Crippen molar-refractivity contribution in [3.05, 3.63) is 83.1 Å².